The molecule has 0 saturated carbocycles. The summed E-state index contributed by atoms with van der Waals surface area (Å²) >= 11 is 0. The first-order valence-corrected chi connectivity index (χ1v) is 7.09. The number of allylic oxidation sites excluding steroid dienone is 2. The Hall–Kier alpha value is -1.35. The van der Waals surface area contributed by atoms with Crippen molar-refractivity contribution < 1.29 is 4.74 Å². The Morgan fingerprint density at radius 3 is 2.84 bits per heavy atom. The normalized spacial score (nSPS) is 22.5. The summed E-state index contributed by atoms with van der Waals surface area (Å²) < 4.78 is 5.91. The molecule has 2 rings (SSSR count). The van der Waals surface area contributed by atoms with Crippen LogP contribution >= 0.6 is 0 Å². The fraction of sp³-hybridized carbons (Fsp3) is 0.562. The quantitative estimate of drug-likeness (QED) is 0.826. The summed E-state index contributed by atoms with van der Waals surface area (Å²) in [4.78, 5) is 4.46. The lowest BCUT2D eigenvalue weighted by Crippen LogP contribution is -2.21. The topological polar surface area (TPSA) is 34.2 Å². The van der Waals surface area contributed by atoms with Crippen molar-refractivity contribution in [1.29, 1.82) is 0 Å². The van der Waals surface area contributed by atoms with Crippen LogP contribution in [-0.2, 0) is 6.54 Å². The molecule has 2 unspecified atom stereocenters. The maximum atomic E-state index is 5.91. The molecule has 1 heterocycles. The van der Waals surface area contributed by atoms with Gasteiger partial charge in [-0.3, -0.25) is 0 Å². The molecule has 0 saturated heterocycles. The maximum Gasteiger partial charge on any atom is 0.213 e. The van der Waals surface area contributed by atoms with Crippen LogP contribution in [0.15, 0.2) is 24.3 Å². The SMILES string of the molecule is CNCc1cc(C)nc(OCC2CC=CCC2C)c1. The lowest BCUT2D eigenvalue weighted by molar-refractivity contribution is 0.192. The summed E-state index contributed by atoms with van der Waals surface area (Å²) in [6.45, 7) is 5.93. The molecule has 3 heteroatoms. The van der Waals surface area contributed by atoms with Crippen molar-refractivity contribution in [2.75, 3.05) is 13.7 Å². The lowest BCUT2D eigenvalue weighted by Gasteiger charge is -2.25. The Balaban J connectivity index is 1.96. The Kier molecular flexibility index (Phi) is 4.97. The van der Waals surface area contributed by atoms with Gasteiger partial charge in [0.15, 0.2) is 0 Å². The monoisotopic (exact) mass is 260 g/mol. The maximum absolute atomic E-state index is 5.91. The largest absolute Gasteiger partial charge is 0.477 e. The van der Waals surface area contributed by atoms with Crippen molar-refractivity contribution in [3.05, 3.63) is 35.5 Å². The number of aromatic nitrogens is 1. The van der Waals surface area contributed by atoms with Gasteiger partial charge in [0.05, 0.1) is 6.61 Å². The molecule has 1 aliphatic rings. The van der Waals surface area contributed by atoms with E-state index in [9.17, 15) is 0 Å². The predicted octanol–water partition coefficient (Wildman–Crippen LogP) is 3.09. The lowest BCUT2D eigenvalue weighted by atomic mass is 9.85. The molecule has 0 bridgehead atoms. The summed E-state index contributed by atoms with van der Waals surface area (Å²) in [5.74, 6) is 2.07. The van der Waals surface area contributed by atoms with Gasteiger partial charge in [-0.15, -0.1) is 0 Å². The van der Waals surface area contributed by atoms with E-state index in [1.807, 2.05) is 20.0 Å². The molecule has 1 aromatic rings. The molecular formula is C16H24N2O. The van der Waals surface area contributed by atoms with Gasteiger partial charge < -0.3 is 10.1 Å². The van der Waals surface area contributed by atoms with Crippen LogP contribution < -0.4 is 10.1 Å². The molecule has 0 amide bonds. The van der Waals surface area contributed by atoms with E-state index in [-0.39, 0.29) is 0 Å². The Labute approximate surface area is 116 Å². The van der Waals surface area contributed by atoms with E-state index in [2.05, 4.69) is 35.4 Å². The van der Waals surface area contributed by atoms with E-state index < -0.39 is 0 Å². The number of hydrogen-bond donors (Lipinski definition) is 1. The highest BCUT2D eigenvalue weighted by molar-refractivity contribution is 5.24. The predicted molar refractivity (Wildman–Crippen MR) is 78.3 cm³/mol. The van der Waals surface area contributed by atoms with Gasteiger partial charge in [-0.05, 0) is 50.3 Å². The van der Waals surface area contributed by atoms with Gasteiger partial charge in [0.25, 0.3) is 0 Å². The second-order valence-corrected chi connectivity index (χ2v) is 5.48. The van der Waals surface area contributed by atoms with Gasteiger partial charge >= 0.3 is 0 Å². The summed E-state index contributed by atoms with van der Waals surface area (Å²) in [6.07, 6.45) is 6.83. The van der Waals surface area contributed by atoms with Crippen LogP contribution in [0.3, 0.4) is 0 Å². The van der Waals surface area contributed by atoms with Gasteiger partial charge in [0.1, 0.15) is 0 Å². The van der Waals surface area contributed by atoms with Gasteiger partial charge in [0, 0.05) is 18.3 Å². The van der Waals surface area contributed by atoms with Crippen LogP contribution in [0.5, 0.6) is 5.88 Å². The van der Waals surface area contributed by atoms with Crippen LogP contribution in [0.4, 0.5) is 0 Å². The summed E-state index contributed by atoms with van der Waals surface area (Å²) in [5, 5.41) is 3.16. The first-order valence-electron chi connectivity index (χ1n) is 7.09. The Bertz CT molecular complexity index is 442. The van der Waals surface area contributed by atoms with Crippen LogP contribution in [0.1, 0.15) is 31.0 Å². The summed E-state index contributed by atoms with van der Waals surface area (Å²) in [7, 11) is 1.95. The van der Waals surface area contributed by atoms with Crippen LogP contribution in [-0.4, -0.2) is 18.6 Å². The number of rotatable bonds is 5. The molecule has 19 heavy (non-hydrogen) atoms. The Morgan fingerprint density at radius 2 is 2.11 bits per heavy atom. The van der Waals surface area contributed by atoms with E-state index >= 15 is 0 Å². The summed E-state index contributed by atoms with van der Waals surface area (Å²) in [5.41, 5.74) is 2.24. The van der Waals surface area contributed by atoms with E-state index in [1.165, 1.54) is 12.0 Å². The fourth-order valence-corrected chi connectivity index (χ4v) is 2.52. The molecule has 0 fully saturated rings. The fourth-order valence-electron chi connectivity index (χ4n) is 2.52. The van der Waals surface area contributed by atoms with Gasteiger partial charge in [-0.1, -0.05) is 19.1 Å². The molecule has 3 nitrogen and oxygen atoms in total. The van der Waals surface area contributed by atoms with E-state index in [0.717, 1.165) is 31.1 Å². The third-order valence-electron chi connectivity index (χ3n) is 3.73. The smallest absolute Gasteiger partial charge is 0.213 e. The third kappa shape index (κ3) is 4.06. The molecule has 0 aromatic carbocycles. The summed E-state index contributed by atoms with van der Waals surface area (Å²) in [6, 6.07) is 4.13. The van der Waals surface area contributed by atoms with Crippen molar-refractivity contribution >= 4 is 0 Å². The Morgan fingerprint density at radius 1 is 1.32 bits per heavy atom. The molecule has 0 aliphatic heterocycles. The van der Waals surface area contributed by atoms with Crippen LogP contribution in [0, 0.1) is 18.8 Å². The number of nitrogens with zero attached hydrogens (tertiary/aromatic N) is 1. The van der Waals surface area contributed by atoms with Gasteiger partial charge in [0.2, 0.25) is 5.88 Å². The minimum absolute atomic E-state index is 0.611. The van der Waals surface area contributed by atoms with Crippen LogP contribution in [0.25, 0.3) is 0 Å². The van der Waals surface area contributed by atoms with E-state index in [4.69, 9.17) is 4.74 Å². The first-order chi connectivity index (χ1) is 9.19. The van der Waals surface area contributed by atoms with E-state index in [0.29, 0.717) is 11.8 Å². The number of nitrogens with one attached hydrogen (secondary N) is 1. The minimum atomic E-state index is 0.611. The third-order valence-corrected chi connectivity index (χ3v) is 3.73. The molecular weight excluding hydrogens is 236 g/mol. The molecule has 1 N–H and O–H groups in total. The van der Waals surface area contributed by atoms with Crippen molar-refractivity contribution in [2.45, 2.75) is 33.2 Å². The molecule has 1 aromatic heterocycles. The zero-order valence-corrected chi connectivity index (χ0v) is 12.1. The zero-order chi connectivity index (χ0) is 13.7. The highest BCUT2D eigenvalue weighted by atomic mass is 16.5. The second-order valence-electron chi connectivity index (χ2n) is 5.48. The molecule has 2 atom stereocenters. The first kappa shape index (κ1) is 14.1. The van der Waals surface area contributed by atoms with Crippen molar-refractivity contribution in [3.8, 4) is 5.88 Å². The highest BCUT2D eigenvalue weighted by Gasteiger charge is 2.19. The molecule has 0 spiro atoms. The average molecular weight is 260 g/mol. The van der Waals surface area contributed by atoms with Gasteiger partial charge in [-0.2, -0.15) is 0 Å². The van der Waals surface area contributed by atoms with Gasteiger partial charge in [-0.25, -0.2) is 4.98 Å². The molecule has 104 valence electrons. The number of ether oxygens (including phenoxy) is 1. The number of aryl methyl sites for hydroxylation is 1. The minimum Gasteiger partial charge on any atom is -0.477 e. The standard InChI is InChI=1S/C16H24N2O/c1-12-6-4-5-7-15(12)11-19-16-9-14(10-17-3)8-13(2)18-16/h4-5,8-9,12,15,17H,6-7,10-11H2,1-3H3. The van der Waals surface area contributed by atoms with Crippen molar-refractivity contribution in [1.82, 2.24) is 10.3 Å². The molecule has 1 aliphatic carbocycles. The van der Waals surface area contributed by atoms with E-state index in [1.54, 1.807) is 0 Å². The average Bonchev–Trinajstić information content (AvgIpc) is 2.37. The van der Waals surface area contributed by atoms with Crippen molar-refractivity contribution in [2.24, 2.45) is 11.8 Å². The number of pyridine rings is 1. The number of hydrogen-bond acceptors (Lipinski definition) is 3. The highest BCUT2D eigenvalue weighted by Crippen LogP contribution is 2.25. The van der Waals surface area contributed by atoms with Crippen LogP contribution in [0.2, 0.25) is 0 Å². The van der Waals surface area contributed by atoms with Crippen molar-refractivity contribution in [3.63, 3.8) is 0 Å². The molecule has 0 radical (unpaired) electrons. The zero-order valence-electron chi connectivity index (χ0n) is 12.1. The second kappa shape index (κ2) is 6.71.